The van der Waals surface area contributed by atoms with Crippen LogP contribution in [0.4, 0.5) is 0 Å². The van der Waals surface area contributed by atoms with Crippen LogP contribution < -0.4 is 11.2 Å². The number of rotatable bonds is 10. The van der Waals surface area contributed by atoms with Gasteiger partial charge in [0.2, 0.25) is 0 Å². The molecule has 11 nitrogen and oxygen atoms in total. The van der Waals surface area contributed by atoms with Crippen LogP contribution in [0.3, 0.4) is 0 Å². The second-order valence-electron chi connectivity index (χ2n) is 7.38. The van der Waals surface area contributed by atoms with Crippen LogP contribution in [0.5, 0.6) is 0 Å². The number of carbonyl (C=O) groups is 2. The summed E-state index contributed by atoms with van der Waals surface area (Å²) >= 11 is 0. The maximum absolute atomic E-state index is 13.0. The Hall–Kier alpha value is -3.28. The summed E-state index contributed by atoms with van der Waals surface area (Å²) in [5, 5.41) is 9.65. The summed E-state index contributed by atoms with van der Waals surface area (Å²) in [7, 11) is 1.28. The van der Waals surface area contributed by atoms with Gasteiger partial charge >= 0.3 is 17.6 Å². The number of carboxylic acid groups (broad SMARTS) is 1. The Morgan fingerprint density at radius 3 is 2.48 bits per heavy atom. The van der Waals surface area contributed by atoms with Gasteiger partial charge in [-0.05, 0) is 18.6 Å². The van der Waals surface area contributed by atoms with E-state index >= 15 is 0 Å². The van der Waals surface area contributed by atoms with Crippen LogP contribution in [-0.2, 0) is 30.5 Å². The van der Waals surface area contributed by atoms with Gasteiger partial charge in [0.1, 0.15) is 12.8 Å². The molecular weight excluding hydrogens is 436 g/mol. The van der Waals surface area contributed by atoms with Gasteiger partial charge in [0.15, 0.2) is 18.4 Å². The third-order valence-corrected chi connectivity index (χ3v) is 5.19. The highest BCUT2D eigenvalue weighted by atomic mass is 16.6. The van der Waals surface area contributed by atoms with Crippen LogP contribution in [0, 0.1) is 0 Å². The molecule has 1 aliphatic rings. The van der Waals surface area contributed by atoms with E-state index in [0.717, 1.165) is 28.0 Å². The van der Waals surface area contributed by atoms with Crippen molar-refractivity contribution in [2.45, 2.75) is 51.0 Å². The fourth-order valence-corrected chi connectivity index (χ4v) is 3.45. The van der Waals surface area contributed by atoms with Crippen LogP contribution in [0.25, 0.3) is 0 Å². The minimum absolute atomic E-state index is 0.217. The molecule has 1 unspecified atom stereocenters. The molecule has 0 spiro atoms. The zero-order valence-electron chi connectivity index (χ0n) is 18.3. The number of benzene rings is 1. The van der Waals surface area contributed by atoms with Crippen LogP contribution in [0.1, 0.15) is 36.4 Å². The first-order chi connectivity index (χ1) is 15.9. The fourth-order valence-electron chi connectivity index (χ4n) is 3.45. The second kappa shape index (κ2) is 11.0. The fraction of sp³-hybridized carbons (Fsp3) is 0.455. The number of nitrogens with zero attached hydrogens (tertiary/aromatic N) is 2. The lowest BCUT2D eigenvalue weighted by Gasteiger charge is -2.23. The van der Waals surface area contributed by atoms with Gasteiger partial charge < -0.3 is 24.1 Å². The van der Waals surface area contributed by atoms with Gasteiger partial charge in [0.25, 0.3) is 5.56 Å². The molecule has 0 amide bonds. The quantitative estimate of drug-likeness (QED) is 0.405. The van der Waals surface area contributed by atoms with Crippen LogP contribution >= 0.6 is 0 Å². The lowest BCUT2D eigenvalue weighted by atomic mass is 10.1. The number of methoxy groups -OCH3 is 1. The number of carbonyl (C=O) groups excluding carboxylic acids is 1. The summed E-state index contributed by atoms with van der Waals surface area (Å²) in [5.74, 6) is -2.16. The molecule has 2 heterocycles. The molecule has 0 bridgehead atoms. The van der Waals surface area contributed by atoms with E-state index in [-0.39, 0.29) is 12.3 Å². The summed E-state index contributed by atoms with van der Waals surface area (Å²) in [6.45, 7) is 2.08. The van der Waals surface area contributed by atoms with E-state index in [0.29, 0.717) is 6.61 Å². The number of carboxylic acids is 1. The Bertz CT molecular complexity index is 1080. The standard InChI is InChI=1S/C22H26N2O9/c1-3-4-12-31-13-24-15(25)10-11-23(22(24)29)19-17(30-2)16(18(32-19)20(26)27)33-21(28)14-8-6-5-7-9-14/h5-11,16-19H,3-4,12-13H2,1-2H3,(H,26,27)/t16-,17?,18+,19-/m1/s1. The molecule has 1 aliphatic heterocycles. The molecule has 178 valence electrons. The first-order valence-corrected chi connectivity index (χ1v) is 10.5. The Morgan fingerprint density at radius 1 is 1.12 bits per heavy atom. The van der Waals surface area contributed by atoms with E-state index in [4.69, 9.17) is 18.9 Å². The molecule has 1 fully saturated rings. The molecule has 1 saturated heterocycles. The van der Waals surface area contributed by atoms with Gasteiger partial charge in [0, 0.05) is 26.0 Å². The van der Waals surface area contributed by atoms with Gasteiger partial charge in [-0.25, -0.2) is 19.0 Å². The molecular formula is C22H26N2O9. The molecule has 1 aromatic carbocycles. The number of aromatic nitrogens is 2. The number of esters is 1. The van der Waals surface area contributed by atoms with Crippen molar-refractivity contribution in [3.05, 3.63) is 69.0 Å². The van der Waals surface area contributed by atoms with Gasteiger partial charge in [-0.15, -0.1) is 0 Å². The van der Waals surface area contributed by atoms with E-state index in [2.05, 4.69) is 0 Å². The Morgan fingerprint density at radius 2 is 1.85 bits per heavy atom. The Kier molecular flexibility index (Phi) is 8.15. The van der Waals surface area contributed by atoms with Crippen LogP contribution in [-0.4, -0.2) is 58.2 Å². The maximum Gasteiger partial charge on any atom is 0.338 e. The SMILES string of the molecule is CCCCOCn1c(=O)ccn([C@@H]2O[C@H](C(=O)O)[C@H](OC(=O)c3ccccc3)C2OC)c1=O. The number of hydrogen-bond donors (Lipinski definition) is 1. The predicted molar refractivity (Wildman–Crippen MR) is 114 cm³/mol. The summed E-state index contributed by atoms with van der Waals surface area (Å²) < 4.78 is 23.7. The van der Waals surface area contributed by atoms with E-state index in [9.17, 15) is 24.3 Å². The molecule has 0 saturated carbocycles. The summed E-state index contributed by atoms with van der Waals surface area (Å²) in [5.41, 5.74) is -1.14. The molecule has 0 aliphatic carbocycles. The van der Waals surface area contributed by atoms with Crippen LogP contribution in [0.2, 0.25) is 0 Å². The van der Waals surface area contributed by atoms with E-state index in [1.165, 1.54) is 25.4 Å². The van der Waals surface area contributed by atoms with Crippen molar-refractivity contribution >= 4 is 11.9 Å². The lowest BCUT2D eigenvalue weighted by molar-refractivity contribution is -0.155. The Balaban J connectivity index is 1.90. The van der Waals surface area contributed by atoms with E-state index < -0.39 is 47.7 Å². The van der Waals surface area contributed by atoms with Gasteiger partial charge in [-0.3, -0.25) is 9.36 Å². The minimum Gasteiger partial charge on any atom is -0.479 e. The molecule has 33 heavy (non-hydrogen) atoms. The normalized spacial score (nSPS) is 22.2. The molecule has 0 radical (unpaired) electrons. The Labute approximate surface area is 189 Å². The topological polar surface area (TPSA) is 135 Å². The maximum atomic E-state index is 13.0. The molecule has 2 aromatic rings. The second-order valence-corrected chi connectivity index (χ2v) is 7.38. The molecule has 3 rings (SSSR count). The third-order valence-electron chi connectivity index (χ3n) is 5.19. The molecule has 4 atom stereocenters. The van der Waals surface area contributed by atoms with Crippen molar-refractivity contribution in [2.24, 2.45) is 0 Å². The van der Waals surface area contributed by atoms with Gasteiger partial charge in [0.05, 0.1) is 5.56 Å². The summed E-state index contributed by atoms with van der Waals surface area (Å²) in [6, 6.07) is 9.17. The molecule has 1 aromatic heterocycles. The van der Waals surface area contributed by atoms with Crippen molar-refractivity contribution in [1.29, 1.82) is 0 Å². The van der Waals surface area contributed by atoms with Gasteiger partial charge in [-0.1, -0.05) is 31.5 Å². The summed E-state index contributed by atoms with van der Waals surface area (Å²) in [6.07, 6.45) is -2.51. The first kappa shape index (κ1) is 24.4. The highest BCUT2D eigenvalue weighted by molar-refractivity contribution is 5.89. The van der Waals surface area contributed by atoms with E-state index in [1.54, 1.807) is 18.2 Å². The number of hydrogen-bond acceptors (Lipinski definition) is 8. The molecule has 1 N–H and O–H groups in total. The smallest absolute Gasteiger partial charge is 0.338 e. The van der Waals surface area contributed by atoms with Crippen molar-refractivity contribution < 1.29 is 33.6 Å². The van der Waals surface area contributed by atoms with Gasteiger partial charge in [-0.2, -0.15) is 0 Å². The van der Waals surface area contributed by atoms with Crippen molar-refractivity contribution in [3.63, 3.8) is 0 Å². The van der Waals surface area contributed by atoms with Crippen molar-refractivity contribution in [3.8, 4) is 0 Å². The average molecular weight is 462 g/mol. The zero-order chi connectivity index (χ0) is 24.0. The predicted octanol–water partition coefficient (Wildman–Crippen LogP) is 1.01. The lowest BCUT2D eigenvalue weighted by Crippen LogP contribution is -2.44. The third kappa shape index (κ3) is 5.38. The zero-order valence-corrected chi connectivity index (χ0v) is 18.3. The minimum atomic E-state index is -1.60. The largest absolute Gasteiger partial charge is 0.479 e. The average Bonchev–Trinajstić information content (AvgIpc) is 3.17. The highest BCUT2D eigenvalue weighted by Gasteiger charge is 2.52. The van der Waals surface area contributed by atoms with Crippen LogP contribution in [0.15, 0.2) is 52.2 Å². The van der Waals surface area contributed by atoms with Crippen molar-refractivity contribution in [1.82, 2.24) is 9.13 Å². The van der Waals surface area contributed by atoms with E-state index in [1.807, 2.05) is 6.92 Å². The first-order valence-electron chi connectivity index (χ1n) is 10.5. The molecule has 11 heteroatoms. The number of ether oxygens (including phenoxy) is 4. The number of unbranched alkanes of at least 4 members (excludes halogenated alkanes) is 1. The summed E-state index contributed by atoms with van der Waals surface area (Å²) in [4.78, 5) is 49.6. The number of aliphatic carboxylic acids is 1. The monoisotopic (exact) mass is 462 g/mol. The van der Waals surface area contributed by atoms with Crippen molar-refractivity contribution in [2.75, 3.05) is 13.7 Å². The highest BCUT2D eigenvalue weighted by Crippen LogP contribution is 2.33.